The highest BCUT2D eigenvalue weighted by molar-refractivity contribution is 7.87. The zero-order chi connectivity index (χ0) is 14.4. The lowest BCUT2D eigenvalue weighted by molar-refractivity contribution is -0.126. The lowest BCUT2D eigenvalue weighted by Gasteiger charge is -2.16. The fourth-order valence-electron chi connectivity index (χ4n) is 1.98. The monoisotopic (exact) mass is 286 g/mol. The average Bonchev–Trinajstić information content (AvgIpc) is 2.43. The molecule has 1 saturated heterocycles. The fourth-order valence-corrected chi connectivity index (χ4v) is 3.45. The van der Waals surface area contributed by atoms with Gasteiger partial charge in [-0.25, -0.2) is 9.10 Å². The maximum Gasteiger partial charge on any atom is 0.336 e. The SMILES string of the molecule is Cc1cc(CN2C(C)C(=O)N(C)S2(=O)=O)oc(=O)c1. The summed E-state index contributed by atoms with van der Waals surface area (Å²) in [4.78, 5) is 22.9. The Labute approximate surface area is 110 Å². The molecule has 0 aliphatic carbocycles. The van der Waals surface area contributed by atoms with E-state index in [-0.39, 0.29) is 12.3 Å². The van der Waals surface area contributed by atoms with Crippen LogP contribution >= 0.6 is 0 Å². The van der Waals surface area contributed by atoms with Crippen LogP contribution in [0.4, 0.5) is 0 Å². The topological polar surface area (TPSA) is 87.9 Å². The molecule has 1 aliphatic heterocycles. The molecule has 19 heavy (non-hydrogen) atoms. The predicted molar refractivity (Wildman–Crippen MR) is 66.4 cm³/mol. The summed E-state index contributed by atoms with van der Waals surface area (Å²) < 4.78 is 30.6. The van der Waals surface area contributed by atoms with Crippen molar-refractivity contribution in [1.29, 1.82) is 0 Å². The molecule has 8 heteroatoms. The molecule has 0 saturated carbocycles. The van der Waals surface area contributed by atoms with E-state index in [1.807, 2.05) is 0 Å². The van der Waals surface area contributed by atoms with Crippen LogP contribution in [0.25, 0.3) is 0 Å². The Morgan fingerprint density at radius 1 is 1.32 bits per heavy atom. The van der Waals surface area contributed by atoms with Crippen molar-refractivity contribution in [2.24, 2.45) is 0 Å². The molecule has 0 radical (unpaired) electrons. The number of aryl methyl sites for hydroxylation is 1. The summed E-state index contributed by atoms with van der Waals surface area (Å²) in [5.41, 5.74) is 0.133. The van der Waals surface area contributed by atoms with Gasteiger partial charge in [-0.15, -0.1) is 0 Å². The Hall–Kier alpha value is -1.67. The minimum atomic E-state index is -3.83. The molecule has 104 valence electrons. The highest BCUT2D eigenvalue weighted by Gasteiger charge is 2.46. The summed E-state index contributed by atoms with van der Waals surface area (Å²) in [6.07, 6.45) is 0. The number of carbonyl (C=O) groups is 1. The molecule has 1 aliphatic rings. The first kappa shape index (κ1) is 13.8. The standard InChI is InChI=1S/C11H14N2O5S/c1-7-4-9(18-10(14)5-7)6-13-8(2)11(15)12(3)19(13,16)17/h4-5,8H,6H2,1-3H3. The van der Waals surface area contributed by atoms with E-state index in [2.05, 4.69) is 0 Å². The molecule has 7 nitrogen and oxygen atoms in total. The second-order valence-electron chi connectivity index (χ2n) is 4.45. The maximum atomic E-state index is 12.0. The van der Waals surface area contributed by atoms with Crippen LogP contribution < -0.4 is 5.63 Å². The van der Waals surface area contributed by atoms with Gasteiger partial charge in [0.25, 0.3) is 5.91 Å². The van der Waals surface area contributed by atoms with Gasteiger partial charge in [0.05, 0.1) is 6.54 Å². The van der Waals surface area contributed by atoms with Crippen LogP contribution in [0.15, 0.2) is 21.3 Å². The van der Waals surface area contributed by atoms with Crippen molar-refractivity contribution in [2.75, 3.05) is 7.05 Å². The number of rotatable bonds is 2. The van der Waals surface area contributed by atoms with E-state index in [0.29, 0.717) is 9.87 Å². The van der Waals surface area contributed by atoms with Gasteiger partial charge >= 0.3 is 15.8 Å². The highest BCUT2D eigenvalue weighted by Crippen LogP contribution is 2.24. The average molecular weight is 286 g/mol. The molecule has 1 amide bonds. The molecular formula is C11H14N2O5S. The third-order valence-corrected chi connectivity index (χ3v) is 4.93. The molecule has 1 fully saturated rings. The van der Waals surface area contributed by atoms with Crippen molar-refractivity contribution >= 4 is 16.1 Å². The maximum absolute atomic E-state index is 12.0. The second kappa shape index (κ2) is 4.46. The van der Waals surface area contributed by atoms with Gasteiger partial charge in [0.15, 0.2) is 0 Å². The third-order valence-electron chi connectivity index (χ3n) is 3.02. The number of nitrogens with zero attached hydrogens (tertiary/aromatic N) is 2. The normalized spacial score (nSPS) is 23.0. The Kier molecular flexibility index (Phi) is 3.23. The summed E-state index contributed by atoms with van der Waals surface area (Å²) in [5, 5.41) is 0. The quantitative estimate of drug-likeness (QED) is 0.755. The van der Waals surface area contributed by atoms with E-state index in [0.717, 1.165) is 4.31 Å². The summed E-state index contributed by atoms with van der Waals surface area (Å²) in [5.74, 6) is -0.293. The minimum absolute atomic E-state index is 0.142. The van der Waals surface area contributed by atoms with E-state index in [9.17, 15) is 18.0 Å². The van der Waals surface area contributed by atoms with Crippen molar-refractivity contribution in [1.82, 2.24) is 8.61 Å². The van der Waals surface area contributed by atoms with Gasteiger partial charge in [-0.05, 0) is 25.5 Å². The van der Waals surface area contributed by atoms with Gasteiger partial charge in [-0.3, -0.25) is 4.79 Å². The van der Waals surface area contributed by atoms with Gasteiger partial charge in [0, 0.05) is 13.1 Å². The molecular weight excluding hydrogens is 272 g/mol. The zero-order valence-electron chi connectivity index (χ0n) is 10.8. The zero-order valence-corrected chi connectivity index (χ0v) is 11.6. The van der Waals surface area contributed by atoms with Gasteiger partial charge < -0.3 is 4.42 Å². The molecule has 2 rings (SSSR count). The largest absolute Gasteiger partial charge is 0.426 e. The molecule has 1 aromatic heterocycles. The Morgan fingerprint density at radius 3 is 2.42 bits per heavy atom. The predicted octanol–water partition coefficient (Wildman–Crippen LogP) is -0.144. The molecule has 1 unspecified atom stereocenters. The molecule has 1 atom stereocenters. The third kappa shape index (κ3) is 2.28. The van der Waals surface area contributed by atoms with Crippen LogP contribution in [0.1, 0.15) is 18.2 Å². The fraction of sp³-hybridized carbons (Fsp3) is 0.455. The lowest BCUT2D eigenvalue weighted by Crippen LogP contribution is -2.33. The van der Waals surface area contributed by atoms with Crippen molar-refractivity contribution in [2.45, 2.75) is 26.4 Å². The van der Waals surface area contributed by atoms with Crippen molar-refractivity contribution < 1.29 is 17.6 Å². The summed E-state index contributed by atoms with van der Waals surface area (Å²) >= 11 is 0. The number of likely N-dealkylation sites (N-methyl/N-ethyl adjacent to an activating group) is 1. The first-order valence-corrected chi connectivity index (χ1v) is 7.03. The molecule has 0 spiro atoms. The highest BCUT2D eigenvalue weighted by atomic mass is 32.2. The summed E-state index contributed by atoms with van der Waals surface area (Å²) in [6, 6.07) is 2.08. The van der Waals surface area contributed by atoms with Crippen LogP contribution in [0, 0.1) is 6.92 Å². The van der Waals surface area contributed by atoms with E-state index in [1.54, 1.807) is 13.0 Å². The summed E-state index contributed by atoms with van der Waals surface area (Å²) in [6.45, 7) is 3.06. The van der Waals surface area contributed by atoms with Crippen LogP contribution in [-0.2, 0) is 21.5 Å². The van der Waals surface area contributed by atoms with Crippen molar-refractivity contribution in [3.63, 3.8) is 0 Å². The minimum Gasteiger partial charge on any atom is -0.426 e. The molecule has 1 aromatic rings. The molecule has 2 heterocycles. The molecule has 0 bridgehead atoms. The number of carbonyl (C=O) groups excluding carboxylic acids is 1. The van der Waals surface area contributed by atoms with E-state index in [4.69, 9.17) is 4.42 Å². The smallest absolute Gasteiger partial charge is 0.336 e. The molecule has 0 N–H and O–H groups in total. The van der Waals surface area contributed by atoms with Crippen LogP contribution in [0.2, 0.25) is 0 Å². The van der Waals surface area contributed by atoms with Crippen LogP contribution in [0.3, 0.4) is 0 Å². The van der Waals surface area contributed by atoms with Gasteiger partial charge in [0.1, 0.15) is 11.8 Å². The Bertz CT molecular complexity index is 679. The number of hydrogen-bond acceptors (Lipinski definition) is 5. The second-order valence-corrected chi connectivity index (χ2v) is 6.37. The Balaban J connectivity index is 2.38. The van der Waals surface area contributed by atoms with Gasteiger partial charge in [0.2, 0.25) is 0 Å². The number of amides is 1. The van der Waals surface area contributed by atoms with Gasteiger partial charge in [-0.2, -0.15) is 12.7 Å². The van der Waals surface area contributed by atoms with Gasteiger partial charge in [-0.1, -0.05) is 0 Å². The van der Waals surface area contributed by atoms with E-state index in [1.165, 1.54) is 20.0 Å². The first-order valence-electron chi connectivity index (χ1n) is 5.63. The van der Waals surface area contributed by atoms with Crippen molar-refractivity contribution in [3.8, 4) is 0 Å². The molecule has 0 aromatic carbocycles. The Morgan fingerprint density at radius 2 is 1.95 bits per heavy atom. The van der Waals surface area contributed by atoms with Crippen molar-refractivity contribution in [3.05, 3.63) is 33.9 Å². The first-order chi connectivity index (χ1) is 8.73. The number of hydrogen-bond donors (Lipinski definition) is 0. The lowest BCUT2D eigenvalue weighted by atomic mass is 10.2. The summed E-state index contributed by atoms with van der Waals surface area (Å²) in [7, 11) is -2.62. The van der Waals surface area contributed by atoms with Crippen LogP contribution in [-0.4, -0.2) is 36.0 Å². The van der Waals surface area contributed by atoms with E-state index < -0.39 is 27.8 Å². The van der Waals surface area contributed by atoms with Crippen LogP contribution in [0.5, 0.6) is 0 Å². The van der Waals surface area contributed by atoms with E-state index >= 15 is 0 Å².